The van der Waals surface area contributed by atoms with Crippen molar-refractivity contribution in [3.63, 3.8) is 0 Å². The molecule has 0 bridgehead atoms. The highest BCUT2D eigenvalue weighted by Gasteiger charge is 2.11. The van der Waals surface area contributed by atoms with Crippen LogP contribution in [0.25, 0.3) is 0 Å². The summed E-state index contributed by atoms with van der Waals surface area (Å²) in [5.41, 5.74) is 2.50. The summed E-state index contributed by atoms with van der Waals surface area (Å²) in [5.74, 6) is -0.254. The fraction of sp³-hybridized carbons (Fsp3) is 0.200. The third-order valence-corrected chi connectivity index (χ3v) is 3.90. The molecule has 1 aromatic heterocycles. The van der Waals surface area contributed by atoms with E-state index in [1.54, 1.807) is 13.0 Å². The van der Waals surface area contributed by atoms with Crippen LogP contribution < -0.4 is 10.6 Å². The van der Waals surface area contributed by atoms with Crippen molar-refractivity contribution in [2.24, 2.45) is 0 Å². The zero-order chi connectivity index (χ0) is 18.7. The zero-order valence-electron chi connectivity index (χ0n) is 14.8. The number of aryl methyl sites for hydroxylation is 1. The van der Waals surface area contributed by atoms with E-state index < -0.39 is 11.6 Å². The second-order valence-corrected chi connectivity index (χ2v) is 6.34. The van der Waals surface area contributed by atoms with Gasteiger partial charge in [0.2, 0.25) is 5.95 Å². The van der Waals surface area contributed by atoms with E-state index in [0.717, 1.165) is 5.69 Å². The fourth-order valence-corrected chi connectivity index (χ4v) is 2.51. The van der Waals surface area contributed by atoms with Gasteiger partial charge in [0, 0.05) is 17.4 Å². The molecule has 0 aliphatic rings. The minimum Gasteiger partial charge on any atom is -0.335 e. The summed E-state index contributed by atoms with van der Waals surface area (Å²) in [6.07, 6.45) is 0. The van der Waals surface area contributed by atoms with Crippen LogP contribution in [0.4, 0.5) is 31.9 Å². The molecule has 3 aromatic rings. The molecule has 0 amide bonds. The number of aromatic nitrogens is 2. The van der Waals surface area contributed by atoms with Crippen LogP contribution in [0.1, 0.15) is 31.0 Å². The normalized spacial score (nSPS) is 10.8. The van der Waals surface area contributed by atoms with Crippen LogP contribution in [-0.4, -0.2) is 9.97 Å². The number of hydrogen-bond donors (Lipinski definition) is 2. The third-order valence-electron chi connectivity index (χ3n) is 3.90. The number of rotatable bonds is 5. The van der Waals surface area contributed by atoms with Crippen molar-refractivity contribution >= 4 is 23.1 Å². The Morgan fingerprint density at radius 1 is 0.885 bits per heavy atom. The van der Waals surface area contributed by atoms with Gasteiger partial charge in [-0.05, 0) is 42.7 Å². The van der Waals surface area contributed by atoms with Gasteiger partial charge in [-0.1, -0.05) is 32.0 Å². The molecule has 0 aliphatic carbocycles. The molecule has 0 unspecified atom stereocenters. The molecule has 0 fully saturated rings. The van der Waals surface area contributed by atoms with E-state index >= 15 is 0 Å². The molecule has 1 heterocycles. The van der Waals surface area contributed by atoms with Gasteiger partial charge in [-0.3, -0.25) is 0 Å². The van der Waals surface area contributed by atoms with Crippen LogP contribution in [0.15, 0.2) is 48.5 Å². The number of benzene rings is 2. The van der Waals surface area contributed by atoms with E-state index in [1.165, 1.54) is 23.8 Å². The van der Waals surface area contributed by atoms with E-state index in [0.29, 0.717) is 23.4 Å². The number of nitrogens with one attached hydrogen (secondary N) is 2. The van der Waals surface area contributed by atoms with Gasteiger partial charge in [0.25, 0.3) is 0 Å². The van der Waals surface area contributed by atoms with Crippen molar-refractivity contribution in [3.8, 4) is 0 Å². The molecule has 6 heteroatoms. The summed E-state index contributed by atoms with van der Waals surface area (Å²) in [7, 11) is 0. The number of para-hydroxylation sites is 1. The Morgan fingerprint density at radius 3 is 2.15 bits per heavy atom. The Bertz CT molecular complexity index is 888. The average molecular weight is 354 g/mol. The van der Waals surface area contributed by atoms with Crippen LogP contribution in [-0.2, 0) is 0 Å². The van der Waals surface area contributed by atoms with E-state index in [1.807, 2.05) is 24.3 Å². The molecule has 2 N–H and O–H groups in total. The van der Waals surface area contributed by atoms with E-state index in [9.17, 15) is 8.78 Å². The van der Waals surface area contributed by atoms with Gasteiger partial charge in [0.1, 0.15) is 23.1 Å². The molecule has 0 saturated carbocycles. The van der Waals surface area contributed by atoms with Gasteiger partial charge >= 0.3 is 0 Å². The maximum Gasteiger partial charge on any atom is 0.229 e. The molecule has 0 radical (unpaired) electrons. The first kappa shape index (κ1) is 17.8. The van der Waals surface area contributed by atoms with Crippen LogP contribution in [0.2, 0.25) is 0 Å². The molecular formula is C20H20F2N4. The summed E-state index contributed by atoms with van der Waals surface area (Å²) < 4.78 is 27.7. The first-order chi connectivity index (χ1) is 12.4. The van der Waals surface area contributed by atoms with Crippen molar-refractivity contribution in [1.82, 2.24) is 9.97 Å². The Labute approximate surface area is 151 Å². The lowest BCUT2D eigenvalue weighted by Gasteiger charge is -2.12. The van der Waals surface area contributed by atoms with Gasteiger partial charge < -0.3 is 10.6 Å². The SMILES string of the molecule is Cc1cc(Nc2c(F)cccc2F)nc(Nc2ccc(C(C)C)cc2)n1. The quantitative estimate of drug-likeness (QED) is 0.619. The lowest BCUT2D eigenvalue weighted by Crippen LogP contribution is -2.04. The van der Waals surface area contributed by atoms with Crippen LogP contribution in [0, 0.1) is 18.6 Å². The Balaban J connectivity index is 1.83. The molecule has 4 nitrogen and oxygen atoms in total. The monoisotopic (exact) mass is 354 g/mol. The van der Waals surface area contributed by atoms with Gasteiger partial charge in [-0.2, -0.15) is 4.98 Å². The average Bonchev–Trinajstić information content (AvgIpc) is 2.58. The highest BCUT2D eigenvalue weighted by atomic mass is 19.1. The summed E-state index contributed by atoms with van der Waals surface area (Å²) in [6, 6.07) is 13.3. The lowest BCUT2D eigenvalue weighted by atomic mass is 10.0. The topological polar surface area (TPSA) is 49.8 Å². The van der Waals surface area contributed by atoms with Crippen molar-refractivity contribution in [1.29, 1.82) is 0 Å². The summed E-state index contributed by atoms with van der Waals surface area (Å²) in [5, 5.41) is 5.81. The Kier molecular flexibility index (Phi) is 5.11. The van der Waals surface area contributed by atoms with E-state index in [4.69, 9.17) is 0 Å². The summed E-state index contributed by atoms with van der Waals surface area (Å²) >= 11 is 0. The number of halogens is 2. The van der Waals surface area contributed by atoms with Gasteiger partial charge in [-0.15, -0.1) is 0 Å². The fourth-order valence-electron chi connectivity index (χ4n) is 2.51. The molecule has 2 aromatic carbocycles. The number of hydrogen-bond acceptors (Lipinski definition) is 4. The smallest absolute Gasteiger partial charge is 0.229 e. The number of nitrogens with zero attached hydrogens (tertiary/aromatic N) is 2. The van der Waals surface area contributed by atoms with Gasteiger partial charge in [-0.25, -0.2) is 13.8 Å². The highest BCUT2D eigenvalue weighted by Crippen LogP contribution is 2.24. The van der Waals surface area contributed by atoms with Crippen molar-refractivity contribution in [3.05, 3.63) is 71.4 Å². The lowest BCUT2D eigenvalue weighted by molar-refractivity contribution is 0.590. The van der Waals surface area contributed by atoms with Crippen LogP contribution in [0.5, 0.6) is 0 Å². The predicted molar refractivity (Wildman–Crippen MR) is 100 cm³/mol. The zero-order valence-corrected chi connectivity index (χ0v) is 14.8. The molecule has 3 rings (SSSR count). The molecule has 26 heavy (non-hydrogen) atoms. The minimum atomic E-state index is -0.681. The molecule has 0 saturated heterocycles. The Morgan fingerprint density at radius 2 is 1.54 bits per heavy atom. The standard InChI is InChI=1S/C20H20F2N4/c1-12(2)14-7-9-15(10-8-14)24-20-23-13(3)11-18(26-20)25-19-16(21)5-4-6-17(19)22/h4-12H,1-3H3,(H2,23,24,25,26). The first-order valence-corrected chi connectivity index (χ1v) is 8.36. The highest BCUT2D eigenvalue weighted by molar-refractivity contribution is 5.61. The van der Waals surface area contributed by atoms with Crippen molar-refractivity contribution in [2.45, 2.75) is 26.7 Å². The van der Waals surface area contributed by atoms with Crippen LogP contribution in [0.3, 0.4) is 0 Å². The molecular weight excluding hydrogens is 334 g/mol. The van der Waals surface area contributed by atoms with Gasteiger partial charge in [0.15, 0.2) is 0 Å². The Hall–Kier alpha value is -3.02. The van der Waals surface area contributed by atoms with Crippen molar-refractivity contribution < 1.29 is 8.78 Å². The minimum absolute atomic E-state index is 0.238. The first-order valence-electron chi connectivity index (χ1n) is 8.36. The molecule has 0 spiro atoms. The molecule has 0 atom stereocenters. The van der Waals surface area contributed by atoms with E-state index in [2.05, 4.69) is 34.4 Å². The second-order valence-electron chi connectivity index (χ2n) is 6.34. The largest absolute Gasteiger partial charge is 0.335 e. The maximum atomic E-state index is 13.8. The molecule has 134 valence electrons. The second kappa shape index (κ2) is 7.47. The number of anilines is 4. The maximum absolute atomic E-state index is 13.8. The van der Waals surface area contributed by atoms with Crippen LogP contribution >= 0.6 is 0 Å². The van der Waals surface area contributed by atoms with Gasteiger partial charge in [0.05, 0.1) is 0 Å². The molecule has 0 aliphatic heterocycles. The summed E-state index contributed by atoms with van der Waals surface area (Å²) in [4.78, 5) is 8.62. The predicted octanol–water partition coefficient (Wildman–Crippen LogP) is 5.67. The summed E-state index contributed by atoms with van der Waals surface area (Å²) in [6.45, 7) is 6.05. The third kappa shape index (κ3) is 4.14. The van der Waals surface area contributed by atoms with E-state index in [-0.39, 0.29) is 5.69 Å². The van der Waals surface area contributed by atoms with Crippen molar-refractivity contribution in [2.75, 3.05) is 10.6 Å².